The van der Waals surface area contributed by atoms with Crippen molar-refractivity contribution in [2.75, 3.05) is 13.2 Å². The van der Waals surface area contributed by atoms with E-state index in [0.717, 1.165) is 6.07 Å². The van der Waals surface area contributed by atoms with E-state index in [0.29, 0.717) is 5.75 Å². The van der Waals surface area contributed by atoms with Crippen LogP contribution in [0, 0.1) is 15.9 Å². The average molecular weight is 294 g/mol. The van der Waals surface area contributed by atoms with E-state index in [1.807, 2.05) is 0 Å². The summed E-state index contributed by atoms with van der Waals surface area (Å²) in [5.41, 5.74) is 0. The van der Waals surface area contributed by atoms with Crippen LogP contribution in [0.15, 0.2) is 40.8 Å². The summed E-state index contributed by atoms with van der Waals surface area (Å²) in [5, 5.41) is 12.9. The standard InChI is InChI=1S/C13H11FN2O5/c14-9-1-3-10(4-2-9)20-8-7-15-13(17)11-5-6-12(21-11)16(18)19/h1-6H,7-8H2,(H,15,17). The van der Waals surface area contributed by atoms with Crippen molar-refractivity contribution in [2.45, 2.75) is 0 Å². The number of nitrogens with zero attached hydrogens (tertiary/aromatic N) is 1. The first-order valence-corrected chi connectivity index (χ1v) is 5.97. The van der Waals surface area contributed by atoms with Crippen molar-refractivity contribution < 1.29 is 23.3 Å². The maximum absolute atomic E-state index is 12.7. The molecular formula is C13H11FN2O5. The van der Waals surface area contributed by atoms with Gasteiger partial charge in [-0.05, 0) is 30.3 Å². The molecule has 2 aromatic rings. The molecule has 0 fully saturated rings. The topological polar surface area (TPSA) is 94.6 Å². The van der Waals surface area contributed by atoms with Crippen LogP contribution in [0.4, 0.5) is 10.3 Å². The molecule has 0 atom stereocenters. The number of carbonyl (C=O) groups is 1. The molecule has 0 unspecified atom stereocenters. The predicted molar refractivity (Wildman–Crippen MR) is 69.6 cm³/mol. The van der Waals surface area contributed by atoms with E-state index in [1.54, 1.807) is 0 Å². The highest BCUT2D eigenvalue weighted by Crippen LogP contribution is 2.15. The number of nitrogens with one attached hydrogen (secondary N) is 1. The molecule has 0 saturated heterocycles. The van der Waals surface area contributed by atoms with Gasteiger partial charge in [-0.25, -0.2) is 4.39 Å². The maximum Gasteiger partial charge on any atom is 0.433 e. The fourth-order valence-corrected chi connectivity index (χ4v) is 1.50. The average Bonchev–Trinajstić information content (AvgIpc) is 2.95. The van der Waals surface area contributed by atoms with Crippen LogP contribution in [-0.4, -0.2) is 24.0 Å². The molecular weight excluding hydrogens is 283 g/mol. The first-order chi connectivity index (χ1) is 10.1. The van der Waals surface area contributed by atoms with Gasteiger partial charge >= 0.3 is 5.88 Å². The number of rotatable bonds is 6. The van der Waals surface area contributed by atoms with Gasteiger partial charge in [0.2, 0.25) is 0 Å². The number of hydrogen-bond donors (Lipinski definition) is 1. The fraction of sp³-hybridized carbons (Fsp3) is 0.154. The van der Waals surface area contributed by atoms with Crippen molar-refractivity contribution >= 4 is 11.8 Å². The van der Waals surface area contributed by atoms with Crippen molar-refractivity contribution in [1.29, 1.82) is 0 Å². The van der Waals surface area contributed by atoms with Gasteiger partial charge < -0.3 is 14.5 Å². The molecule has 0 saturated carbocycles. The Balaban J connectivity index is 1.76. The predicted octanol–water partition coefficient (Wildman–Crippen LogP) is 2.14. The summed E-state index contributed by atoms with van der Waals surface area (Å²) >= 11 is 0. The van der Waals surface area contributed by atoms with E-state index >= 15 is 0 Å². The van der Waals surface area contributed by atoms with Gasteiger partial charge in [0.15, 0.2) is 5.76 Å². The smallest absolute Gasteiger partial charge is 0.433 e. The first kappa shape index (κ1) is 14.5. The summed E-state index contributed by atoms with van der Waals surface area (Å²) < 4.78 is 22.7. The van der Waals surface area contributed by atoms with Crippen molar-refractivity contribution in [3.8, 4) is 5.75 Å². The Morgan fingerprint density at radius 3 is 2.62 bits per heavy atom. The second-order valence-electron chi connectivity index (χ2n) is 3.95. The van der Waals surface area contributed by atoms with Crippen LogP contribution in [0.25, 0.3) is 0 Å². The molecule has 21 heavy (non-hydrogen) atoms. The molecule has 0 bridgehead atoms. The lowest BCUT2D eigenvalue weighted by Gasteiger charge is -2.06. The second-order valence-corrected chi connectivity index (χ2v) is 3.95. The molecule has 1 aromatic heterocycles. The quantitative estimate of drug-likeness (QED) is 0.500. The molecule has 0 spiro atoms. The number of ether oxygens (including phenoxy) is 1. The lowest BCUT2D eigenvalue weighted by molar-refractivity contribution is -0.402. The Morgan fingerprint density at radius 2 is 2.00 bits per heavy atom. The van der Waals surface area contributed by atoms with E-state index in [9.17, 15) is 19.3 Å². The van der Waals surface area contributed by atoms with Crippen LogP contribution in [0.2, 0.25) is 0 Å². The Hall–Kier alpha value is -2.90. The van der Waals surface area contributed by atoms with Gasteiger partial charge in [-0.1, -0.05) is 0 Å². The van der Waals surface area contributed by atoms with E-state index in [4.69, 9.17) is 9.15 Å². The third-order valence-corrected chi connectivity index (χ3v) is 2.47. The summed E-state index contributed by atoms with van der Waals surface area (Å²) in [4.78, 5) is 21.3. The summed E-state index contributed by atoms with van der Waals surface area (Å²) in [6.07, 6.45) is 0. The Labute approximate surface area is 118 Å². The monoisotopic (exact) mass is 294 g/mol. The summed E-state index contributed by atoms with van der Waals surface area (Å²) in [6.45, 7) is 0.338. The number of hydrogen-bond acceptors (Lipinski definition) is 5. The molecule has 1 amide bonds. The summed E-state index contributed by atoms with van der Waals surface area (Å²) in [7, 11) is 0. The van der Waals surface area contributed by atoms with E-state index in [2.05, 4.69) is 5.32 Å². The molecule has 8 heteroatoms. The van der Waals surface area contributed by atoms with Gasteiger partial charge in [-0.3, -0.25) is 14.9 Å². The van der Waals surface area contributed by atoms with Crippen molar-refractivity contribution in [2.24, 2.45) is 0 Å². The van der Waals surface area contributed by atoms with Crippen LogP contribution in [0.3, 0.4) is 0 Å². The Kier molecular flexibility index (Phi) is 4.50. The Bertz CT molecular complexity index is 638. The van der Waals surface area contributed by atoms with Crippen molar-refractivity contribution in [1.82, 2.24) is 5.32 Å². The first-order valence-electron chi connectivity index (χ1n) is 5.97. The van der Waals surface area contributed by atoms with Crippen LogP contribution in [-0.2, 0) is 0 Å². The molecule has 0 aliphatic rings. The van der Waals surface area contributed by atoms with Gasteiger partial charge in [-0.2, -0.15) is 0 Å². The number of furan rings is 1. The minimum atomic E-state index is -0.728. The lowest BCUT2D eigenvalue weighted by atomic mass is 10.3. The van der Waals surface area contributed by atoms with Crippen molar-refractivity contribution in [3.63, 3.8) is 0 Å². The minimum Gasteiger partial charge on any atom is -0.492 e. The van der Waals surface area contributed by atoms with Gasteiger partial charge in [0.05, 0.1) is 12.6 Å². The summed E-state index contributed by atoms with van der Waals surface area (Å²) in [5.74, 6) is -1.12. The number of amides is 1. The van der Waals surface area contributed by atoms with Gasteiger partial charge in [0, 0.05) is 0 Å². The normalized spacial score (nSPS) is 10.1. The molecule has 110 valence electrons. The van der Waals surface area contributed by atoms with Gasteiger partial charge in [0.25, 0.3) is 5.91 Å². The zero-order valence-electron chi connectivity index (χ0n) is 10.7. The highest BCUT2D eigenvalue weighted by molar-refractivity contribution is 5.91. The van der Waals surface area contributed by atoms with Crippen LogP contribution in [0.1, 0.15) is 10.6 Å². The molecule has 7 nitrogen and oxygen atoms in total. The van der Waals surface area contributed by atoms with Gasteiger partial charge in [-0.15, -0.1) is 0 Å². The van der Waals surface area contributed by atoms with Gasteiger partial charge in [0.1, 0.15) is 23.1 Å². The molecule has 2 rings (SSSR count). The Morgan fingerprint density at radius 1 is 1.29 bits per heavy atom. The molecule has 1 heterocycles. The summed E-state index contributed by atoms with van der Waals surface area (Å²) in [6, 6.07) is 7.77. The third kappa shape index (κ3) is 4.03. The molecule has 1 N–H and O–H groups in total. The van der Waals surface area contributed by atoms with E-state index in [-0.39, 0.29) is 24.7 Å². The molecule has 0 aliphatic carbocycles. The molecule has 1 aromatic carbocycles. The number of halogens is 1. The highest BCUT2D eigenvalue weighted by Gasteiger charge is 2.16. The van der Waals surface area contributed by atoms with E-state index in [1.165, 1.54) is 30.3 Å². The third-order valence-electron chi connectivity index (χ3n) is 2.47. The fourth-order valence-electron chi connectivity index (χ4n) is 1.50. The van der Waals surface area contributed by atoms with Crippen LogP contribution in [0.5, 0.6) is 5.75 Å². The number of benzene rings is 1. The lowest BCUT2D eigenvalue weighted by Crippen LogP contribution is -2.27. The largest absolute Gasteiger partial charge is 0.492 e. The van der Waals surface area contributed by atoms with Crippen molar-refractivity contribution in [3.05, 3.63) is 58.1 Å². The minimum absolute atomic E-state index is 0.150. The zero-order chi connectivity index (χ0) is 15.2. The zero-order valence-corrected chi connectivity index (χ0v) is 10.7. The van der Waals surface area contributed by atoms with Crippen LogP contribution < -0.4 is 10.1 Å². The number of nitro groups is 1. The maximum atomic E-state index is 12.7. The molecule has 0 aliphatic heterocycles. The number of carbonyl (C=O) groups excluding carboxylic acids is 1. The van der Waals surface area contributed by atoms with E-state index < -0.39 is 16.7 Å². The SMILES string of the molecule is O=C(NCCOc1ccc(F)cc1)c1ccc([N+](=O)[O-])o1. The second kappa shape index (κ2) is 6.51. The highest BCUT2D eigenvalue weighted by atomic mass is 19.1. The molecule has 0 radical (unpaired) electrons. The van der Waals surface area contributed by atoms with Crippen LogP contribution >= 0.6 is 0 Å².